The summed E-state index contributed by atoms with van der Waals surface area (Å²) in [7, 11) is 0. The summed E-state index contributed by atoms with van der Waals surface area (Å²) < 4.78 is 0. The lowest BCUT2D eigenvalue weighted by Gasteiger charge is -2.37. The van der Waals surface area contributed by atoms with Crippen LogP contribution in [0.15, 0.2) is 55.1 Å². The lowest BCUT2D eigenvalue weighted by molar-refractivity contribution is 0.351. The van der Waals surface area contributed by atoms with E-state index in [1.807, 2.05) is 0 Å². The van der Waals surface area contributed by atoms with Gasteiger partial charge in [0.25, 0.3) is 0 Å². The first-order chi connectivity index (χ1) is 9.16. The fourth-order valence-electron chi connectivity index (χ4n) is 3.76. The van der Waals surface area contributed by atoms with Crippen LogP contribution in [0.25, 0.3) is 5.57 Å². The molecule has 0 nitrogen and oxygen atoms in total. The summed E-state index contributed by atoms with van der Waals surface area (Å²) in [5, 5.41) is 0. The topological polar surface area (TPSA) is 0 Å². The molecule has 1 aromatic rings. The SMILES string of the molecule is C=C1CCC(C2C(=C)Cc3ccccc3C2=C)CC1. The Kier molecular flexibility index (Phi) is 3.18. The molecule has 0 amide bonds. The van der Waals surface area contributed by atoms with Crippen LogP contribution in [-0.4, -0.2) is 0 Å². The van der Waals surface area contributed by atoms with Crippen molar-refractivity contribution < 1.29 is 0 Å². The molecule has 0 spiro atoms. The predicted octanol–water partition coefficient (Wildman–Crippen LogP) is 5.17. The van der Waals surface area contributed by atoms with E-state index < -0.39 is 0 Å². The summed E-state index contributed by atoms with van der Waals surface area (Å²) in [4.78, 5) is 0. The van der Waals surface area contributed by atoms with Gasteiger partial charge in [0.15, 0.2) is 0 Å². The lowest BCUT2D eigenvalue weighted by atomic mass is 9.67. The molecule has 2 aliphatic carbocycles. The van der Waals surface area contributed by atoms with E-state index in [4.69, 9.17) is 0 Å². The molecular weight excluding hydrogens is 228 g/mol. The summed E-state index contributed by atoms with van der Waals surface area (Å²) in [6, 6.07) is 8.67. The zero-order valence-corrected chi connectivity index (χ0v) is 11.6. The molecule has 0 bridgehead atoms. The molecule has 1 aromatic carbocycles. The van der Waals surface area contributed by atoms with Gasteiger partial charge in [-0.2, -0.15) is 0 Å². The van der Waals surface area contributed by atoms with E-state index in [2.05, 4.69) is 44.0 Å². The van der Waals surface area contributed by atoms with Gasteiger partial charge >= 0.3 is 0 Å². The van der Waals surface area contributed by atoms with Crippen molar-refractivity contribution >= 4 is 5.57 Å². The zero-order valence-electron chi connectivity index (χ0n) is 11.6. The summed E-state index contributed by atoms with van der Waals surface area (Å²) >= 11 is 0. The van der Waals surface area contributed by atoms with Crippen LogP contribution >= 0.6 is 0 Å². The third-order valence-electron chi connectivity index (χ3n) is 4.80. The van der Waals surface area contributed by atoms with Crippen molar-refractivity contribution in [2.45, 2.75) is 32.1 Å². The van der Waals surface area contributed by atoms with E-state index in [1.54, 1.807) is 0 Å². The highest BCUT2D eigenvalue weighted by atomic mass is 14.4. The molecule has 19 heavy (non-hydrogen) atoms. The van der Waals surface area contributed by atoms with Crippen LogP contribution in [0.5, 0.6) is 0 Å². The molecule has 1 fully saturated rings. The highest BCUT2D eigenvalue weighted by Crippen LogP contribution is 2.46. The van der Waals surface area contributed by atoms with E-state index in [0.29, 0.717) is 5.92 Å². The van der Waals surface area contributed by atoms with Crippen LogP contribution in [0.4, 0.5) is 0 Å². The van der Waals surface area contributed by atoms with Crippen LogP contribution < -0.4 is 0 Å². The number of rotatable bonds is 1. The zero-order chi connectivity index (χ0) is 13.4. The van der Waals surface area contributed by atoms with Crippen LogP contribution in [0.2, 0.25) is 0 Å². The normalized spacial score (nSPS) is 24.4. The third kappa shape index (κ3) is 2.20. The monoisotopic (exact) mass is 250 g/mol. The summed E-state index contributed by atoms with van der Waals surface area (Å²) in [5.74, 6) is 1.21. The van der Waals surface area contributed by atoms with Crippen LogP contribution in [-0.2, 0) is 6.42 Å². The van der Waals surface area contributed by atoms with Crippen molar-refractivity contribution in [2.24, 2.45) is 11.8 Å². The van der Waals surface area contributed by atoms with Gasteiger partial charge in [-0.15, -0.1) is 0 Å². The number of fused-ring (bicyclic) bond motifs is 1. The maximum atomic E-state index is 4.40. The van der Waals surface area contributed by atoms with E-state index in [0.717, 1.165) is 12.3 Å². The molecule has 1 saturated carbocycles. The molecule has 0 aliphatic heterocycles. The van der Waals surface area contributed by atoms with Crippen molar-refractivity contribution in [3.63, 3.8) is 0 Å². The van der Waals surface area contributed by atoms with Crippen molar-refractivity contribution in [1.82, 2.24) is 0 Å². The Labute approximate surface area is 116 Å². The van der Waals surface area contributed by atoms with Gasteiger partial charge in [-0.1, -0.05) is 55.1 Å². The number of hydrogen-bond donors (Lipinski definition) is 0. The Bertz CT molecular complexity index is 537. The molecule has 0 heterocycles. The summed E-state index contributed by atoms with van der Waals surface area (Å²) in [6.07, 6.45) is 5.90. The van der Waals surface area contributed by atoms with Gasteiger partial charge in [0.05, 0.1) is 0 Å². The molecule has 1 unspecified atom stereocenters. The molecule has 98 valence electrons. The second kappa shape index (κ2) is 4.85. The second-order valence-corrected chi connectivity index (χ2v) is 6.08. The Hall–Kier alpha value is -1.56. The number of allylic oxidation sites excluding steroid dienone is 3. The summed E-state index contributed by atoms with van der Waals surface area (Å²) in [6.45, 7) is 12.9. The average Bonchev–Trinajstić information content (AvgIpc) is 2.41. The minimum absolute atomic E-state index is 0.489. The number of benzene rings is 1. The fourth-order valence-corrected chi connectivity index (χ4v) is 3.76. The van der Waals surface area contributed by atoms with E-state index in [9.17, 15) is 0 Å². The van der Waals surface area contributed by atoms with Gasteiger partial charge in [-0.3, -0.25) is 0 Å². The van der Waals surface area contributed by atoms with Crippen molar-refractivity contribution in [1.29, 1.82) is 0 Å². The van der Waals surface area contributed by atoms with Crippen LogP contribution in [0, 0.1) is 11.8 Å². The molecule has 0 radical (unpaired) electrons. The van der Waals surface area contributed by atoms with Gasteiger partial charge < -0.3 is 0 Å². The van der Waals surface area contributed by atoms with Crippen LogP contribution in [0.1, 0.15) is 36.8 Å². The minimum Gasteiger partial charge on any atom is -0.0999 e. The lowest BCUT2D eigenvalue weighted by Crippen LogP contribution is -2.25. The van der Waals surface area contributed by atoms with Crippen molar-refractivity contribution in [3.05, 3.63) is 66.3 Å². The standard InChI is InChI=1S/C19H22/c1-13-8-10-16(11-9-13)19-14(2)12-17-6-4-5-7-18(17)15(19)3/h4-7,16,19H,1-3,8-12H2. The van der Waals surface area contributed by atoms with E-state index >= 15 is 0 Å². The molecule has 0 N–H and O–H groups in total. The first-order valence-corrected chi connectivity index (χ1v) is 7.28. The Morgan fingerprint density at radius 1 is 0.947 bits per heavy atom. The predicted molar refractivity (Wildman–Crippen MR) is 82.9 cm³/mol. The summed E-state index contributed by atoms with van der Waals surface area (Å²) in [5.41, 5.74) is 6.84. The largest absolute Gasteiger partial charge is 0.0999 e. The van der Waals surface area contributed by atoms with Crippen LogP contribution in [0.3, 0.4) is 0 Å². The minimum atomic E-state index is 0.489. The maximum Gasteiger partial charge on any atom is 0.00774 e. The molecule has 2 aliphatic rings. The van der Waals surface area contributed by atoms with Gasteiger partial charge in [-0.05, 0) is 54.7 Å². The molecule has 3 rings (SSSR count). The fraction of sp³-hybridized carbons (Fsp3) is 0.368. The maximum absolute atomic E-state index is 4.40. The van der Waals surface area contributed by atoms with Crippen molar-refractivity contribution in [2.75, 3.05) is 0 Å². The molecule has 0 aromatic heterocycles. The van der Waals surface area contributed by atoms with Gasteiger partial charge in [-0.25, -0.2) is 0 Å². The van der Waals surface area contributed by atoms with E-state index in [1.165, 1.54) is 53.5 Å². The molecular formula is C19H22. The molecule has 0 heteroatoms. The Morgan fingerprint density at radius 2 is 1.63 bits per heavy atom. The Morgan fingerprint density at radius 3 is 2.37 bits per heavy atom. The number of hydrogen-bond acceptors (Lipinski definition) is 0. The highest BCUT2D eigenvalue weighted by Gasteiger charge is 2.32. The smallest absolute Gasteiger partial charge is 0.00774 e. The second-order valence-electron chi connectivity index (χ2n) is 6.08. The third-order valence-corrected chi connectivity index (χ3v) is 4.80. The first-order valence-electron chi connectivity index (χ1n) is 7.28. The Balaban J connectivity index is 1.89. The quantitative estimate of drug-likeness (QED) is 0.603. The average molecular weight is 250 g/mol. The highest BCUT2D eigenvalue weighted by molar-refractivity contribution is 5.73. The van der Waals surface area contributed by atoms with Gasteiger partial charge in [0.2, 0.25) is 0 Å². The van der Waals surface area contributed by atoms with Gasteiger partial charge in [0, 0.05) is 5.92 Å². The van der Waals surface area contributed by atoms with Crippen molar-refractivity contribution in [3.8, 4) is 0 Å². The van der Waals surface area contributed by atoms with Gasteiger partial charge in [0.1, 0.15) is 0 Å². The molecule has 1 atom stereocenters. The first kappa shape index (κ1) is 12.5. The molecule has 0 saturated heterocycles. The van der Waals surface area contributed by atoms with E-state index in [-0.39, 0.29) is 0 Å².